The molecule has 4 aromatic rings. The molecule has 7 nitrogen and oxygen atoms in total. The van der Waals surface area contributed by atoms with Gasteiger partial charge in [-0.3, -0.25) is 9.88 Å². The summed E-state index contributed by atoms with van der Waals surface area (Å²) in [5.41, 5.74) is 0.571. The zero-order valence-corrected chi connectivity index (χ0v) is 24.6. The number of pyridine rings is 1. The van der Waals surface area contributed by atoms with Gasteiger partial charge in [0.05, 0.1) is 10.9 Å². The number of fused-ring (bicyclic) bond motifs is 3. The van der Waals surface area contributed by atoms with Gasteiger partial charge in [-0.1, -0.05) is 37.3 Å². The van der Waals surface area contributed by atoms with Crippen molar-refractivity contribution in [2.45, 2.75) is 56.5 Å². The molecule has 3 aliphatic rings. The van der Waals surface area contributed by atoms with E-state index in [-0.39, 0.29) is 28.3 Å². The lowest BCUT2D eigenvalue weighted by Gasteiger charge is -2.47. The Labute approximate surface area is 245 Å². The minimum absolute atomic E-state index is 0.0192. The Balaban J connectivity index is 1.30. The van der Waals surface area contributed by atoms with Gasteiger partial charge in [-0.25, -0.2) is 8.78 Å². The second kappa shape index (κ2) is 10.4. The largest absolute Gasteiger partial charge is 0.461 e. The first-order chi connectivity index (χ1) is 20.3. The summed E-state index contributed by atoms with van der Waals surface area (Å²) in [5, 5.41) is 5.01. The number of nitrogens with one attached hydrogen (secondary N) is 1. The quantitative estimate of drug-likeness (QED) is 0.267. The number of ether oxygens (including phenoxy) is 1. The van der Waals surface area contributed by atoms with Gasteiger partial charge in [0, 0.05) is 35.8 Å². The van der Waals surface area contributed by atoms with Crippen molar-refractivity contribution in [1.82, 2.24) is 24.8 Å². The summed E-state index contributed by atoms with van der Waals surface area (Å²) < 4.78 is 37.8. The molecule has 2 aromatic carbocycles. The Morgan fingerprint density at radius 3 is 2.64 bits per heavy atom. The molecule has 3 fully saturated rings. The van der Waals surface area contributed by atoms with Crippen molar-refractivity contribution in [2.24, 2.45) is 5.92 Å². The fraction of sp³-hybridized carbons (Fsp3) is 0.485. The Morgan fingerprint density at radius 1 is 1.07 bits per heavy atom. The molecular formula is C33H38F2N6O. The van der Waals surface area contributed by atoms with Crippen molar-refractivity contribution < 1.29 is 13.5 Å². The number of anilines is 1. The van der Waals surface area contributed by atoms with Gasteiger partial charge in [-0.05, 0) is 76.5 Å². The van der Waals surface area contributed by atoms with Crippen LogP contribution in [0.15, 0.2) is 42.6 Å². The molecule has 7 rings (SSSR count). The number of halogens is 2. The Morgan fingerprint density at radius 2 is 1.88 bits per heavy atom. The van der Waals surface area contributed by atoms with Gasteiger partial charge in [-0.15, -0.1) is 0 Å². The fourth-order valence-electron chi connectivity index (χ4n) is 7.55. The predicted octanol–water partition coefficient (Wildman–Crippen LogP) is 6.27. The first kappa shape index (κ1) is 27.4. The summed E-state index contributed by atoms with van der Waals surface area (Å²) in [4.78, 5) is 18.7. The maximum absolute atomic E-state index is 16.5. The molecule has 2 atom stereocenters. The van der Waals surface area contributed by atoms with Crippen LogP contribution in [0.4, 0.5) is 14.6 Å². The first-order valence-corrected chi connectivity index (χ1v) is 15.1. The first-order valence-electron chi connectivity index (χ1n) is 15.1. The molecular weight excluding hydrogens is 534 g/mol. The van der Waals surface area contributed by atoms with E-state index in [1.807, 2.05) is 12.1 Å². The second-order valence-electron chi connectivity index (χ2n) is 12.9. The fourth-order valence-corrected chi connectivity index (χ4v) is 7.55. The highest BCUT2D eigenvalue weighted by Gasteiger charge is 2.48. The van der Waals surface area contributed by atoms with Crippen LogP contribution in [0.1, 0.15) is 45.4 Å². The summed E-state index contributed by atoms with van der Waals surface area (Å²) in [7, 11) is 4.19. The van der Waals surface area contributed by atoms with Gasteiger partial charge in [0.1, 0.15) is 29.5 Å². The van der Waals surface area contributed by atoms with Crippen LogP contribution in [-0.4, -0.2) is 76.2 Å². The molecule has 1 aliphatic carbocycles. The smallest absolute Gasteiger partial charge is 0.319 e. The number of rotatable bonds is 8. The molecule has 220 valence electrons. The predicted molar refractivity (Wildman–Crippen MR) is 162 cm³/mol. The Kier molecular flexibility index (Phi) is 6.77. The molecule has 1 N–H and O–H groups in total. The highest BCUT2D eigenvalue weighted by Crippen LogP contribution is 2.42. The standard InChI is InChI=1S/C33H38F2N6O/c1-21-16-33(14-7-15-41(33)18-21)20-42-31-38-29-24(30(39-31)37-19-32(40(2)3)12-6-13-32)17-36-28(27(29)35)23-10-4-8-22-9-5-11-25(34)26(22)23/h4-5,8-11,17,21H,6-7,12-16,18-20H2,1-3H3,(H,37,38,39)/t21-,33+/m1/s1. The number of aromatic nitrogens is 3. The summed E-state index contributed by atoms with van der Waals surface area (Å²) in [5.74, 6) is 0.0880. The van der Waals surface area contributed by atoms with E-state index in [4.69, 9.17) is 9.72 Å². The monoisotopic (exact) mass is 572 g/mol. The average molecular weight is 573 g/mol. The number of likely N-dealkylation sites (N-methyl/N-ethyl adjacent to an activating group) is 1. The molecule has 42 heavy (non-hydrogen) atoms. The molecule has 0 bridgehead atoms. The zero-order valence-electron chi connectivity index (χ0n) is 24.6. The summed E-state index contributed by atoms with van der Waals surface area (Å²) in [6, 6.07) is 10.3. The van der Waals surface area contributed by atoms with Crippen molar-refractivity contribution in [1.29, 1.82) is 0 Å². The number of nitrogens with zero attached hydrogens (tertiary/aromatic N) is 5. The van der Waals surface area contributed by atoms with Crippen molar-refractivity contribution in [3.8, 4) is 17.3 Å². The molecule has 9 heteroatoms. The van der Waals surface area contributed by atoms with Gasteiger partial charge in [0.25, 0.3) is 0 Å². The average Bonchev–Trinajstić information content (AvgIpc) is 3.47. The van der Waals surface area contributed by atoms with Crippen LogP contribution in [0.2, 0.25) is 0 Å². The van der Waals surface area contributed by atoms with E-state index in [1.165, 1.54) is 12.5 Å². The topological polar surface area (TPSA) is 66.4 Å². The number of hydrogen-bond donors (Lipinski definition) is 1. The molecule has 0 spiro atoms. The zero-order chi connectivity index (χ0) is 29.1. The van der Waals surface area contributed by atoms with E-state index >= 15 is 4.39 Å². The molecule has 2 aliphatic heterocycles. The molecule has 2 aromatic heterocycles. The lowest BCUT2D eigenvalue weighted by molar-refractivity contribution is 0.0738. The van der Waals surface area contributed by atoms with Crippen LogP contribution in [0, 0.1) is 17.6 Å². The van der Waals surface area contributed by atoms with E-state index in [1.54, 1.807) is 24.4 Å². The number of benzene rings is 2. The van der Waals surface area contributed by atoms with Crippen molar-refractivity contribution in [3.05, 3.63) is 54.2 Å². The molecule has 2 saturated heterocycles. The van der Waals surface area contributed by atoms with Gasteiger partial charge in [0.2, 0.25) is 0 Å². The number of hydrogen-bond acceptors (Lipinski definition) is 7. The molecule has 0 amide bonds. The van der Waals surface area contributed by atoms with E-state index < -0.39 is 11.6 Å². The minimum atomic E-state index is -0.611. The second-order valence-corrected chi connectivity index (χ2v) is 12.9. The third-order valence-corrected chi connectivity index (χ3v) is 10.1. The van der Waals surface area contributed by atoms with Crippen molar-refractivity contribution >= 4 is 27.5 Å². The minimum Gasteiger partial charge on any atom is -0.461 e. The van der Waals surface area contributed by atoms with Crippen LogP contribution in [-0.2, 0) is 0 Å². The molecule has 0 unspecified atom stereocenters. The normalized spacial score (nSPS) is 23.4. The highest BCUT2D eigenvalue weighted by molar-refractivity contribution is 5.99. The maximum Gasteiger partial charge on any atom is 0.319 e. The highest BCUT2D eigenvalue weighted by atomic mass is 19.1. The summed E-state index contributed by atoms with van der Waals surface area (Å²) in [6.07, 6.45) is 8.25. The van der Waals surface area contributed by atoms with Crippen LogP contribution in [0.3, 0.4) is 0 Å². The lowest BCUT2D eigenvalue weighted by atomic mass is 9.75. The van der Waals surface area contributed by atoms with Gasteiger partial charge in [-0.2, -0.15) is 9.97 Å². The summed E-state index contributed by atoms with van der Waals surface area (Å²) >= 11 is 0. The molecule has 0 radical (unpaired) electrons. The van der Waals surface area contributed by atoms with E-state index in [9.17, 15) is 4.39 Å². The maximum atomic E-state index is 16.5. The third-order valence-electron chi connectivity index (χ3n) is 10.1. The van der Waals surface area contributed by atoms with E-state index in [0.717, 1.165) is 45.2 Å². The Bertz CT molecular complexity index is 1650. The van der Waals surface area contributed by atoms with Gasteiger partial charge in [0.15, 0.2) is 5.82 Å². The van der Waals surface area contributed by atoms with Crippen LogP contribution < -0.4 is 10.1 Å². The SMILES string of the molecule is C[C@H]1CN2CCC[C@@]2(COc2nc(NCC3(N(C)C)CCC3)c3cnc(-c4cccc5cccc(F)c45)c(F)c3n2)C1. The van der Waals surface area contributed by atoms with Crippen LogP contribution in [0.25, 0.3) is 32.9 Å². The van der Waals surface area contributed by atoms with E-state index in [0.29, 0.717) is 46.6 Å². The van der Waals surface area contributed by atoms with Crippen LogP contribution >= 0.6 is 0 Å². The van der Waals surface area contributed by atoms with Crippen LogP contribution in [0.5, 0.6) is 6.01 Å². The third kappa shape index (κ3) is 4.48. The molecule has 1 saturated carbocycles. The van der Waals surface area contributed by atoms with Gasteiger partial charge >= 0.3 is 6.01 Å². The van der Waals surface area contributed by atoms with Crippen molar-refractivity contribution in [2.75, 3.05) is 45.7 Å². The Hall–Kier alpha value is -3.43. The summed E-state index contributed by atoms with van der Waals surface area (Å²) in [6.45, 7) is 5.58. The van der Waals surface area contributed by atoms with Gasteiger partial charge < -0.3 is 15.0 Å². The van der Waals surface area contributed by atoms with Crippen molar-refractivity contribution in [3.63, 3.8) is 0 Å². The lowest BCUT2D eigenvalue weighted by Crippen LogP contribution is -2.54. The molecule has 4 heterocycles. The van der Waals surface area contributed by atoms with E-state index in [2.05, 4.69) is 46.1 Å².